The number of Topliss-reactive ketones (excluding diaryl/α,β-unsaturated/α-hetero) is 1. The fraction of sp³-hybridized carbons (Fsp3) is 0.708. The monoisotopic (exact) mass is 432 g/mol. The molecule has 0 radical (unpaired) electrons. The zero-order chi connectivity index (χ0) is 22.6. The van der Waals surface area contributed by atoms with E-state index in [9.17, 15) is 24.6 Å². The smallest absolute Gasteiger partial charge is 0.435 e. The molecule has 170 valence electrons. The Hall–Kier alpha value is -1.99. The minimum atomic E-state index is -1.51. The summed E-state index contributed by atoms with van der Waals surface area (Å²) in [5.41, 5.74) is -1.68. The number of hydrogen-bond donors (Lipinski definition) is 2. The van der Waals surface area contributed by atoms with Crippen molar-refractivity contribution >= 4 is 17.7 Å². The molecule has 0 aliphatic heterocycles. The van der Waals surface area contributed by atoms with Crippen LogP contribution in [0.3, 0.4) is 0 Å². The van der Waals surface area contributed by atoms with Crippen LogP contribution in [0.2, 0.25) is 0 Å². The second kappa shape index (κ2) is 7.55. The van der Waals surface area contributed by atoms with Gasteiger partial charge >= 0.3 is 6.16 Å². The normalized spacial score (nSPS) is 43.4. The fourth-order valence-electron chi connectivity index (χ4n) is 7.41. The Balaban J connectivity index is 1.73. The first-order chi connectivity index (χ1) is 14.6. The molecule has 4 aliphatic rings. The van der Waals surface area contributed by atoms with Crippen LogP contribution in [0.4, 0.5) is 4.79 Å². The van der Waals surface area contributed by atoms with Crippen LogP contribution >= 0.6 is 0 Å². The van der Waals surface area contributed by atoms with Gasteiger partial charge in [-0.2, -0.15) is 0 Å². The van der Waals surface area contributed by atoms with E-state index in [1.165, 1.54) is 0 Å². The lowest BCUT2D eigenvalue weighted by molar-refractivity contribution is -0.183. The van der Waals surface area contributed by atoms with Gasteiger partial charge in [0.05, 0.1) is 12.7 Å². The number of hydrogen-bond acceptors (Lipinski definition) is 7. The molecule has 0 aromatic heterocycles. The molecular weight excluding hydrogens is 400 g/mol. The Morgan fingerprint density at radius 2 is 2.00 bits per heavy atom. The largest absolute Gasteiger partial charge is 0.509 e. The number of allylic oxidation sites excluding steroid dienone is 4. The number of fused-ring (bicyclic) bond motifs is 5. The second-order valence-electron chi connectivity index (χ2n) is 9.94. The van der Waals surface area contributed by atoms with Crippen LogP contribution in [0.25, 0.3) is 0 Å². The van der Waals surface area contributed by atoms with E-state index in [-0.39, 0.29) is 36.6 Å². The second-order valence-corrected chi connectivity index (χ2v) is 9.94. The summed E-state index contributed by atoms with van der Waals surface area (Å²) in [6.45, 7) is 5.03. The van der Waals surface area contributed by atoms with Gasteiger partial charge in [0.1, 0.15) is 6.61 Å². The Kier molecular flexibility index (Phi) is 5.41. The number of carbonyl (C=O) groups excluding carboxylic acids is 3. The highest BCUT2D eigenvalue weighted by Gasteiger charge is 2.70. The zero-order valence-corrected chi connectivity index (χ0v) is 18.4. The first-order valence-corrected chi connectivity index (χ1v) is 11.2. The average molecular weight is 433 g/mol. The van der Waals surface area contributed by atoms with Crippen LogP contribution in [0.5, 0.6) is 0 Å². The van der Waals surface area contributed by atoms with Crippen LogP contribution in [-0.4, -0.2) is 52.9 Å². The summed E-state index contributed by atoms with van der Waals surface area (Å²) < 4.78 is 10.7. The minimum absolute atomic E-state index is 0.0164. The van der Waals surface area contributed by atoms with E-state index in [0.717, 1.165) is 18.4 Å². The van der Waals surface area contributed by atoms with Gasteiger partial charge in [0, 0.05) is 16.7 Å². The highest BCUT2D eigenvalue weighted by Crippen LogP contribution is 2.67. The maximum atomic E-state index is 13.0. The summed E-state index contributed by atoms with van der Waals surface area (Å²) in [6, 6.07) is 0. The van der Waals surface area contributed by atoms with E-state index in [0.29, 0.717) is 12.8 Å². The van der Waals surface area contributed by atoms with Gasteiger partial charge < -0.3 is 19.7 Å². The van der Waals surface area contributed by atoms with Crippen molar-refractivity contribution in [3.8, 4) is 0 Å². The van der Waals surface area contributed by atoms with Crippen molar-refractivity contribution < 1.29 is 34.1 Å². The summed E-state index contributed by atoms with van der Waals surface area (Å²) in [4.78, 5) is 37.2. The highest BCUT2D eigenvalue weighted by atomic mass is 16.7. The Morgan fingerprint density at radius 1 is 1.26 bits per heavy atom. The van der Waals surface area contributed by atoms with Gasteiger partial charge in [0.2, 0.25) is 5.78 Å². The number of aliphatic hydroxyl groups is 2. The molecule has 2 N–H and O–H groups in total. The molecule has 0 spiro atoms. The molecule has 31 heavy (non-hydrogen) atoms. The molecule has 0 saturated heterocycles. The lowest BCUT2D eigenvalue weighted by Crippen LogP contribution is -2.63. The molecule has 0 amide bonds. The number of aliphatic hydroxyl groups excluding tert-OH is 2. The number of rotatable bonds is 4. The number of ketones is 2. The molecule has 0 aromatic carbocycles. The average Bonchev–Trinajstić information content (AvgIpc) is 3.00. The van der Waals surface area contributed by atoms with E-state index in [4.69, 9.17) is 9.47 Å². The van der Waals surface area contributed by atoms with E-state index < -0.39 is 41.1 Å². The molecule has 0 bridgehead atoms. The van der Waals surface area contributed by atoms with E-state index >= 15 is 0 Å². The first-order valence-electron chi connectivity index (χ1n) is 11.2. The molecule has 0 aromatic rings. The van der Waals surface area contributed by atoms with E-state index in [1.807, 2.05) is 13.0 Å². The summed E-state index contributed by atoms with van der Waals surface area (Å²) in [7, 11) is 0. The third-order valence-corrected chi connectivity index (χ3v) is 8.73. The van der Waals surface area contributed by atoms with Crippen molar-refractivity contribution in [2.75, 3.05) is 13.2 Å². The third-order valence-electron chi connectivity index (χ3n) is 8.73. The van der Waals surface area contributed by atoms with Crippen molar-refractivity contribution in [1.82, 2.24) is 0 Å². The minimum Gasteiger partial charge on any atom is -0.435 e. The van der Waals surface area contributed by atoms with Crippen LogP contribution in [0, 0.1) is 28.6 Å². The molecule has 4 aliphatic carbocycles. The highest BCUT2D eigenvalue weighted by molar-refractivity contribution is 6.01. The molecular formula is C24H32O7. The summed E-state index contributed by atoms with van der Waals surface area (Å²) in [5, 5.41) is 21.2. The van der Waals surface area contributed by atoms with Crippen LogP contribution in [0.1, 0.15) is 52.9 Å². The molecule has 4 rings (SSSR count). The lowest BCUT2D eigenvalue weighted by Gasteiger charge is -2.59. The Labute approximate surface area is 182 Å². The first kappa shape index (κ1) is 22.2. The number of ether oxygens (including phenoxy) is 2. The van der Waals surface area contributed by atoms with Crippen molar-refractivity contribution in [1.29, 1.82) is 0 Å². The summed E-state index contributed by atoms with van der Waals surface area (Å²) in [5.74, 6) is -0.500. The van der Waals surface area contributed by atoms with Gasteiger partial charge in [-0.25, -0.2) is 4.79 Å². The molecule has 3 saturated carbocycles. The maximum absolute atomic E-state index is 13.0. The predicted octanol–water partition coefficient (Wildman–Crippen LogP) is 2.74. The quantitative estimate of drug-likeness (QED) is 0.657. The number of carbonyl (C=O) groups is 3. The van der Waals surface area contributed by atoms with E-state index in [1.54, 1.807) is 19.1 Å². The molecule has 7 unspecified atom stereocenters. The van der Waals surface area contributed by atoms with E-state index in [2.05, 4.69) is 6.92 Å². The summed E-state index contributed by atoms with van der Waals surface area (Å²) in [6.07, 6.45) is 6.35. The topological polar surface area (TPSA) is 110 Å². The van der Waals surface area contributed by atoms with Gasteiger partial charge in [-0.3, -0.25) is 9.59 Å². The van der Waals surface area contributed by atoms with Gasteiger partial charge in [-0.05, 0) is 63.0 Å². The molecule has 0 heterocycles. The van der Waals surface area contributed by atoms with Gasteiger partial charge in [0.25, 0.3) is 0 Å². The Morgan fingerprint density at radius 3 is 2.68 bits per heavy atom. The SMILES string of the molecule is CCOC(=O)OC1(C(=O)CO)CCC2C3CCC4=CC(=O)C=CC4(C)C3C(O)CC21C. The Bertz CT molecular complexity index is 860. The third kappa shape index (κ3) is 3.04. The summed E-state index contributed by atoms with van der Waals surface area (Å²) >= 11 is 0. The van der Waals surface area contributed by atoms with Crippen molar-refractivity contribution in [3.63, 3.8) is 0 Å². The zero-order valence-electron chi connectivity index (χ0n) is 18.4. The lowest BCUT2D eigenvalue weighted by atomic mass is 9.46. The van der Waals surface area contributed by atoms with Crippen LogP contribution < -0.4 is 0 Å². The van der Waals surface area contributed by atoms with Crippen LogP contribution in [0.15, 0.2) is 23.8 Å². The van der Waals surface area contributed by atoms with Gasteiger partial charge in [0.15, 0.2) is 11.4 Å². The maximum Gasteiger partial charge on any atom is 0.509 e. The fourth-order valence-corrected chi connectivity index (χ4v) is 7.41. The molecule has 3 fully saturated rings. The van der Waals surface area contributed by atoms with Crippen LogP contribution in [-0.2, 0) is 19.1 Å². The molecule has 7 atom stereocenters. The van der Waals surface area contributed by atoms with Crippen molar-refractivity contribution in [3.05, 3.63) is 23.8 Å². The van der Waals surface area contributed by atoms with Crippen molar-refractivity contribution in [2.45, 2.75) is 64.6 Å². The molecule has 7 nitrogen and oxygen atoms in total. The molecule has 7 heteroatoms. The van der Waals surface area contributed by atoms with Gasteiger partial charge in [-0.1, -0.05) is 25.5 Å². The standard InChI is InChI=1S/C24H32O7/c1-4-30-21(29)31-24(19(28)13-25)10-8-17-16-6-5-14-11-15(26)7-9-22(14,2)20(16)18(27)12-23(17,24)3/h7,9,11,16-18,20,25,27H,4-6,8,10,12-13H2,1-3H3. The van der Waals surface area contributed by atoms with Crippen molar-refractivity contribution in [2.24, 2.45) is 28.6 Å². The van der Waals surface area contributed by atoms with Gasteiger partial charge in [-0.15, -0.1) is 0 Å². The predicted molar refractivity (Wildman–Crippen MR) is 111 cm³/mol.